The number of aryl methyl sites for hydroxylation is 2. The van der Waals surface area contributed by atoms with E-state index in [1.54, 1.807) is 24.3 Å². The van der Waals surface area contributed by atoms with Gasteiger partial charge in [-0.1, -0.05) is 32.0 Å². The fraction of sp³-hybridized carbons (Fsp3) is 0.263. The van der Waals surface area contributed by atoms with Crippen LogP contribution in [-0.2, 0) is 17.6 Å². The van der Waals surface area contributed by atoms with Crippen molar-refractivity contribution in [2.75, 3.05) is 11.9 Å². The maximum atomic E-state index is 12.5. The van der Waals surface area contributed by atoms with Crippen LogP contribution in [0.5, 0.6) is 5.75 Å². The summed E-state index contributed by atoms with van der Waals surface area (Å²) in [6, 6.07) is 12.7. The Balaban J connectivity index is 2.10. The molecule has 25 heavy (non-hydrogen) atoms. The summed E-state index contributed by atoms with van der Waals surface area (Å²) in [6.07, 6.45) is 1.69. The lowest BCUT2D eigenvalue weighted by atomic mass is 10.0. The molecule has 2 rings (SSSR count). The Morgan fingerprint density at radius 3 is 2.12 bits per heavy atom. The number of benzene rings is 2. The Kier molecular flexibility index (Phi) is 6.54. The summed E-state index contributed by atoms with van der Waals surface area (Å²) >= 11 is 0. The second-order valence-corrected chi connectivity index (χ2v) is 5.49. The van der Waals surface area contributed by atoms with Crippen molar-refractivity contribution in [1.82, 2.24) is 5.43 Å². The van der Waals surface area contributed by atoms with Gasteiger partial charge in [-0.2, -0.15) is 0 Å². The number of para-hydroxylation sites is 1. The highest BCUT2D eigenvalue weighted by Gasteiger charge is 2.12. The van der Waals surface area contributed by atoms with Crippen LogP contribution in [0.1, 0.15) is 35.3 Å². The predicted octanol–water partition coefficient (Wildman–Crippen LogP) is 2.43. The Hall–Kier alpha value is -2.86. The van der Waals surface area contributed by atoms with Crippen molar-refractivity contribution in [1.29, 1.82) is 0 Å². The second kappa shape index (κ2) is 8.84. The zero-order valence-electron chi connectivity index (χ0n) is 14.5. The van der Waals surface area contributed by atoms with E-state index in [0.29, 0.717) is 11.3 Å². The van der Waals surface area contributed by atoms with Crippen molar-refractivity contribution in [3.8, 4) is 5.75 Å². The first-order valence-electron chi connectivity index (χ1n) is 8.23. The van der Waals surface area contributed by atoms with Gasteiger partial charge in [0.15, 0.2) is 6.61 Å². The Morgan fingerprint density at radius 2 is 1.60 bits per heavy atom. The van der Waals surface area contributed by atoms with Crippen LogP contribution in [0.4, 0.5) is 5.69 Å². The van der Waals surface area contributed by atoms with E-state index in [0.717, 1.165) is 29.7 Å². The summed E-state index contributed by atoms with van der Waals surface area (Å²) in [6.45, 7) is 3.95. The average molecular weight is 341 g/mol. The van der Waals surface area contributed by atoms with E-state index in [9.17, 15) is 9.59 Å². The maximum Gasteiger partial charge on any atom is 0.271 e. The highest BCUT2D eigenvalue weighted by Crippen LogP contribution is 2.23. The first-order chi connectivity index (χ1) is 12.1. The van der Waals surface area contributed by atoms with Gasteiger partial charge < -0.3 is 10.1 Å². The molecule has 0 unspecified atom stereocenters. The number of anilines is 1. The molecule has 0 fully saturated rings. The first kappa shape index (κ1) is 18.5. The molecule has 132 valence electrons. The molecule has 0 heterocycles. The van der Waals surface area contributed by atoms with Crippen LogP contribution in [0.3, 0.4) is 0 Å². The average Bonchev–Trinajstić information content (AvgIpc) is 2.66. The maximum absolute atomic E-state index is 12.5. The molecule has 0 saturated heterocycles. The molecule has 2 aromatic rings. The molecular weight excluding hydrogens is 318 g/mol. The fourth-order valence-electron chi connectivity index (χ4n) is 2.48. The number of carbonyl (C=O) groups excluding carboxylic acids is 2. The quantitative estimate of drug-likeness (QED) is 0.410. The molecule has 0 aliphatic heterocycles. The summed E-state index contributed by atoms with van der Waals surface area (Å²) in [5, 5.41) is 3.02. The van der Waals surface area contributed by atoms with Gasteiger partial charge in [-0.3, -0.25) is 15.0 Å². The number of nitrogens with one attached hydrogen (secondary N) is 2. The topological polar surface area (TPSA) is 93.4 Å². The zero-order valence-corrected chi connectivity index (χ0v) is 14.5. The smallest absolute Gasteiger partial charge is 0.271 e. The van der Waals surface area contributed by atoms with Crippen LogP contribution in [0.15, 0.2) is 42.5 Å². The van der Waals surface area contributed by atoms with Crippen molar-refractivity contribution < 1.29 is 14.3 Å². The molecular formula is C19H23N3O3. The lowest BCUT2D eigenvalue weighted by Crippen LogP contribution is -2.34. The van der Waals surface area contributed by atoms with Crippen molar-refractivity contribution >= 4 is 17.5 Å². The minimum Gasteiger partial charge on any atom is -0.484 e. The molecule has 0 aliphatic carbocycles. The van der Waals surface area contributed by atoms with E-state index in [2.05, 4.69) is 19.2 Å². The van der Waals surface area contributed by atoms with E-state index in [1.807, 2.05) is 23.6 Å². The number of hydrogen-bond acceptors (Lipinski definition) is 4. The van der Waals surface area contributed by atoms with E-state index >= 15 is 0 Å². The Labute approximate surface area is 147 Å². The van der Waals surface area contributed by atoms with Gasteiger partial charge in [0.05, 0.1) is 0 Å². The van der Waals surface area contributed by atoms with Crippen molar-refractivity contribution in [3.05, 3.63) is 59.2 Å². The fourth-order valence-corrected chi connectivity index (χ4v) is 2.48. The Bertz CT molecular complexity index is 720. The van der Waals surface area contributed by atoms with Crippen molar-refractivity contribution in [2.45, 2.75) is 26.7 Å². The molecule has 0 spiro atoms. The minimum absolute atomic E-state index is 0.175. The van der Waals surface area contributed by atoms with Gasteiger partial charge >= 0.3 is 0 Å². The third kappa shape index (κ3) is 4.81. The lowest BCUT2D eigenvalue weighted by Gasteiger charge is -2.14. The van der Waals surface area contributed by atoms with Gasteiger partial charge in [0.2, 0.25) is 0 Å². The standard InChI is InChI=1S/C19H23N3O3/c1-3-13-6-5-7-14(4-2)18(13)21-19(24)15-8-10-16(11-9-15)25-12-17(23)22-20/h5-11H,3-4,12,20H2,1-2H3,(H,21,24)(H,22,23). The first-order valence-corrected chi connectivity index (χ1v) is 8.23. The summed E-state index contributed by atoms with van der Waals surface area (Å²) in [5.74, 6) is 4.87. The van der Waals surface area contributed by atoms with Crippen molar-refractivity contribution in [2.24, 2.45) is 5.84 Å². The molecule has 0 bridgehead atoms. The van der Waals surface area contributed by atoms with E-state index in [1.165, 1.54) is 0 Å². The molecule has 0 radical (unpaired) electrons. The molecule has 0 aliphatic rings. The molecule has 2 amide bonds. The highest BCUT2D eigenvalue weighted by molar-refractivity contribution is 6.05. The monoisotopic (exact) mass is 341 g/mol. The number of amides is 2. The predicted molar refractivity (Wildman–Crippen MR) is 97.4 cm³/mol. The van der Waals surface area contributed by atoms with Gasteiger partial charge in [-0.15, -0.1) is 0 Å². The molecule has 4 N–H and O–H groups in total. The molecule has 6 heteroatoms. The third-order valence-corrected chi connectivity index (χ3v) is 3.88. The van der Waals surface area contributed by atoms with Gasteiger partial charge in [-0.25, -0.2) is 5.84 Å². The van der Waals surface area contributed by atoms with Crippen LogP contribution >= 0.6 is 0 Å². The van der Waals surface area contributed by atoms with Crippen LogP contribution in [0, 0.1) is 0 Å². The summed E-state index contributed by atoms with van der Waals surface area (Å²) in [7, 11) is 0. The number of hydrazine groups is 1. The minimum atomic E-state index is -0.426. The molecule has 6 nitrogen and oxygen atoms in total. The molecule has 0 atom stereocenters. The number of rotatable bonds is 7. The van der Waals surface area contributed by atoms with Crippen molar-refractivity contribution in [3.63, 3.8) is 0 Å². The highest BCUT2D eigenvalue weighted by atomic mass is 16.5. The van der Waals surface area contributed by atoms with Crippen LogP contribution in [0.2, 0.25) is 0 Å². The van der Waals surface area contributed by atoms with E-state index in [4.69, 9.17) is 10.6 Å². The van der Waals surface area contributed by atoms with Gasteiger partial charge in [0.25, 0.3) is 11.8 Å². The van der Waals surface area contributed by atoms with Gasteiger partial charge in [0, 0.05) is 11.3 Å². The number of hydrogen-bond donors (Lipinski definition) is 3. The normalized spacial score (nSPS) is 10.2. The summed E-state index contributed by atoms with van der Waals surface area (Å²) < 4.78 is 5.26. The largest absolute Gasteiger partial charge is 0.484 e. The SMILES string of the molecule is CCc1cccc(CC)c1NC(=O)c1ccc(OCC(=O)NN)cc1. The van der Waals surface area contributed by atoms with E-state index in [-0.39, 0.29) is 12.5 Å². The van der Waals surface area contributed by atoms with Crippen LogP contribution in [0.25, 0.3) is 0 Å². The van der Waals surface area contributed by atoms with E-state index < -0.39 is 5.91 Å². The Morgan fingerprint density at radius 1 is 1.00 bits per heavy atom. The van der Waals surface area contributed by atoms with Crippen LogP contribution < -0.4 is 21.3 Å². The van der Waals surface area contributed by atoms with Gasteiger partial charge in [-0.05, 0) is 48.2 Å². The second-order valence-electron chi connectivity index (χ2n) is 5.49. The number of carbonyl (C=O) groups is 2. The third-order valence-electron chi connectivity index (χ3n) is 3.88. The number of nitrogens with two attached hydrogens (primary N) is 1. The molecule has 0 saturated carbocycles. The summed E-state index contributed by atoms with van der Waals surface area (Å²) in [4.78, 5) is 23.6. The summed E-state index contributed by atoms with van der Waals surface area (Å²) in [5.41, 5.74) is 5.61. The zero-order chi connectivity index (χ0) is 18.2. The lowest BCUT2D eigenvalue weighted by molar-refractivity contribution is -0.123. The molecule has 2 aromatic carbocycles. The number of ether oxygens (including phenoxy) is 1. The molecule has 0 aromatic heterocycles. The van der Waals surface area contributed by atoms with Crippen LogP contribution in [-0.4, -0.2) is 18.4 Å². The van der Waals surface area contributed by atoms with Gasteiger partial charge in [0.1, 0.15) is 5.75 Å².